The maximum Gasteiger partial charge on any atom is 0.238 e. The summed E-state index contributed by atoms with van der Waals surface area (Å²) in [5.74, 6) is 0.748. The molecule has 0 aromatic heterocycles. The van der Waals surface area contributed by atoms with Crippen molar-refractivity contribution < 1.29 is 4.79 Å². The number of aryl methyl sites for hydroxylation is 1. The second kappa shape index (κ2) is 11.9. The molecule has 0 aliphatic carbocycles. The van der Waals surface area contributed by atoms with Gasteiger partial charge in [-0.3, -0.25) is 9.79 Å². The van der Waals surface area contributed by atoms with Crippen molar-refractivity contribution in [2.75, 3.05) is 33.0 Å². The summed E-state index contributed by atoms with van der Waals surface area (Å²) in [5.41, 5.74) is 3.22. The van der Waals surface area contributed by atoms with Crippen LogP contribution < -0.4 is 16.0 Å². The Morgan fingerprint density at radius 3 is 2.48 bits per heavy atom. The fourth-order valence-corrected chi connectivity index (χ4v) is 2.96. The molecule has 29 heavy (non-hydrogen) atoms. The van der Waals surface area contributed by atoms with Gasteiger partial charge in [-0.1, -0.05) is 42.5 Å². The van der Waals surface area contributed by atoms with E-state index in [1.54, 1.807) is 7.05 Å². The van der Waals surface area contributed by atoms with Crippen LogP contribution in [0.25, 0.3) is 0 Å². The van der Waals surface area contributed by atoms with E-state index in [4.69, 9.17) is 0 Å². The van der Waals surface area contributed by atoms with Crippen molar-refractivity contribution in [3.05, 3.63) is 65.7 Å². The number of aliphatic imine (C=N–C) groups is 1. The minimum atomic E-state index is -0.0233. The van der Waals surface area contributed by atoms with Crippen LogP contribution in [0.3, 0.4) is 0 Å². The van der Waals surface area contributed by atoms with Crippen molar-refractivity contribution >= 4 is 17.6 Å². The molecule has 0 heterocycles. The molecule has 0 radical (unpaired) electrons. The van der Waals surface area contributed by atoms with Crippen molar-refractivity contribution in [2.24, 2.45) is 4.99 Å². The van der Waals surface area contributed by atoms with Crippen molar-refractivity contribution in [3.63, 3.8) is 0 Å². The highest BCUT2D eigenvalue weighted by Gasteiger charge is 2.07. The highest BCUT2D eigenvalue weighted by Crippen LogP contribution is 2.11. The second-order valence-electron chi connectivity index (χ2n) is 7.48. The minimum Gasteiger partial charge on any atom is -0.354 e. The van der Waals surface area contributed by atoms with Gasteiger partial charge in [-0.15, -0.1) is 0 Å². The van der Waals surface area contributed by atoms with Crippen LogP contribution in [0, 0.1) is 0 Å². The molecule has 156 valence electrons. The highest BCUT2D eigenvalue weighted by atomic mass is 16.2. The Hall–Kier alpha value is -2.86. The van der Waals surface area contributed by atoms with Crippen molar-refractivity contribution in [2.45, 2.75) is 32.4 Å². The number of benzene rings is 2. The molecule has 0 aliphatic heterocycles. The molecule has 6 heteroatoms. The molecule has 6 nitrogen and oxygen atoms in total. The maximum atomic E-state index is 11.9. The molecule has 0 saturated carbocycles. The van der Waals surface area contributed by atoms with Gasteiger partial charge in [0.05, 0.1) is 6.54 Å². The van der Waals surface area contributed by atoms with E-state index in [1.165, 1.54) is 5.56 Å². The molecule has 3 N–H and O–H groups in total. The zero-order valence-corrected chi connectivity index (χ0v) is 17.9. The Balaban J connectivity index is 1.81. The predicted molar refractivity (Wildman–Crippen MR) is 121 cm³/mol. The molecule has 0 fully saturated rings. The molecule has 2 aromatic carbocycles. The van der Waals surface area contributed by atoms with Crippen LogP contribution in [0.1, 0.15) is 24.5 Å². The van der Waals surface area contributed by atoms with Crippen molar-refractivity contribution in [3.8, 4) is 0 Å². The number of hydrogen-bond donors (Lipinski definition) is 3. The summed E-state index contributed by atoms with van der Waals surface area (Å²) in [6.07, 6.45) is 2.05. The van der Waals surface area contributed by atoms with E-state index in [2.05, 4.69) is 52.1 Å². The number of anilines is 1. The summed E-state index contributed by atoms with van der Waals surface area (Å²) in [5, 5.41) is 9.71. The number of likely N-dealkylation sites (N-methyl/N-ethyl adjacent to an activating group) is 1. The van der Waals surface area contributed by atoms with Crippen LogP contribution in [-0.2, 0) is 17.8 Å². The molecule has 1 unspecified atom stereocenters. The number of nitrogens with one attached hydrogen (secondary N) is 3. The Morgan fingerprint density at radius 2 is 1.79 bits per heavy atom. The molecular weight excluding hydrogens is 362 g/mol. The second-order valence-corrected chi connectivity index (χ2v) is 7.48. The van der Waals surface area contributed by atoms with E-state index in [0.29, 0.717) is 19.1 Å². The third-order valence-electron chi connectivity index (χ3n) is 4.45. The number of guanidine groups is 1. The number of amides is 1. The normalized spacial score (nSPS) is 12.5. The number of hydrogen-bond acceptors (Lipinski definition) is 3. The van der Waals surface area contributed by atoms with E-state index in [0.717, 1.165) is 30.1 Å². The summed E-state index contributed by atoms with van der Waals surface area (Å²) in [6.45, 7) is 3.15. The Labute approximate surface area is 174 Å². The number of carbonyl (C=O) groups is 1. The molecule has 0 aliphatic rings. The largest absolute Gasteiger partial charge is 0.354 e. The smallest absolute Gasteiger partial charge is 0.238 e. The first kappa shape index (κ1) is 22.4. The Kier molecular flexibility index (Phi) is 9.18. The van der Waals surface area contributed by atoms with E-state index in [1.807, 2.05) is 49.3 Å². The number of carbonyl (C=O) groups excluding carboxylic acids is 1. The van der Waals surface area contributed by atoms with Gasteiger partial charge in [-0.05, 0) is 57.1 Å². The third-order valence-corrected chi connectivity index (χ3v) is 4.45. The van der Waals surface area contributed by atoms with Crippen molar-refractivity contribution in [1.29, 1.82) is 0 Å². The Morgan fingerprint density at radius 1 is 1.07 bits per heavy atom. The van der Waals surface area contributed by atoms with E-state index >= 15 is 0 Å². The Bertz CT molecular complexity index is 789. The van der Waals surface area contributed by atoms with Crippen molar-refractivity contribution in [1.82, 2.24) is 15.5 Å². The zero-order valence-electron chi connectivity index (χ0n) is 17.9. The van der Waals surface area contributed by atoms with E-state index < -0.39 is 0 Å². The van der Waals surface area contributed by atoms with E-state index in [-0.39, 0.29) is 5.91 Å². The lowest BCUT2D eigenvalue weighted by Gasteiger charge is -2.18. The van der Waals surface area contributed by atoms with Gasteiger partial charge in [0.15, 0.2) is 5.96 Å². The summed E-state index contributed by atoms with van der Waals surface area (Å²) in [7, 11) is 5.52. The van der Waals surface area contributed by atoms with Crippen LogP contribution in [0.2, 0.25) is 0 Å². The first-order chi connectivity index (χ1) is 14.0. The third kappa shape index (κ3) is 8.79. The fraction of sp³-hybridized carbons (Fsp3) is 0.391. The summed E-state index contributed by atoms with van der Waals surface area (Å²) >= 11 is 0. The average Bonchev–Trinajstić information content (AvgIpc) is 2.70. The van der Waals surface area contributed by atoms with Gasteiger partial charge in [-0.2, -0.15) is 0 Å². The molecule has 0 spiro atoms. The topological polar surface area (TPSA) is 68.8 Å². The maximum absolute atomic E-state index is 11.9. The van der Waals surface area contributed by atoms with Gasteiger partial charge >= 0.3 is 0 Å². The lowest BCUT2D eigenvalue weighted by molar-refractivity contribution is -0.116. The summed E-state index contributed by atoms with van der Waals surface area (Å²) in [4.78, 5) is 18.1. The summed E-state index contributed by atoms with van der Waals surface area (Å²) in [6, 6.07) is 18.7. The van der Waals surface area contributed by atoms with Gasteiger partial charge in [0.1, 0.15) is 0 Å². The van der Waals surface area contributed by atoms with Gasteiger partial charge < -0.3 is 20.9 Å². The SMILES string of the molecule is CN=C(NCc1cccc(NC(=O)CN(C)C)c1)NC(C)CCc1ccccc1. The van der Waals surface area contributed by atoms with Crippen LogP contribution in [0.15, 0.2) is 59.6 Å². The molecule has 0 saturated heterocycles. The van der Waals surface area contributed by atoms with Gasteiger partial charge in [0, 0.05) is 25.3 Å². The zero-order chi connectivity index (χ0) is 21.1. The molecule has 2 rings (SSSR count). The standard InChI is InChI=1S/C23H33N5O/c1-18(13-14-19-9-6-5-7-10-19)26-23(24-2)25-16-20-11-8-12-21(15-20)27-22(29)17-28(3)4/h5-12,15,18H,13-14,16-17H2,1-4H3,(H,27,29)(H2,24,25,26). The first-order valence-electron chi connectivity index (χ1n) is 10.0. The fourth-order valence-electron chi connectivity index (χ4n) is 2.96. The van der Waals surface area contributed by atoms with E-state index in [9.17, 15) is 4.79 Å². The van der Waals surface area contributed by atoms with Crippen LogP contribution in [0.4, 0.5) is 5.69 Å². The summed E-state index contributed by atoms with van der Waals surface area (Å²) < 4.78 is 0. The molecule has 2 aromatic rings. The number of rotatable bonds is 9. The predicted octanol–water partition coefficient (Wildman–Crippen LogP) is 2.87. The average molecular weight is 396 g/mol. The van der Waals surface area contributed by atoms with Gasteiger partial charge in [0.25, 0.3) is 0 Å². The van der Waals surface area contributed by atoms with Crippen LogP contribution >= 0.6 is 0 Å². The monoisotopic (exact) mass is 395 g/mol. The molecular formula is C23H33N5O. The van der Waals surface area contributed by atoms with Gasteiger partial charge in [0.2, 0.25) is 5.91 Å². The lowest BCUT2D eigenvalue weighted by Crippen LogP contribution is -2.42. The quantitative estimate of drug-likeness (QED) is 0.451. The van der Waals surface area contributed by atoms with Crippen LogP contribution in [0.5, 0.6) is 0 Å². The van der Waals surface area contributed by atoms with Crippen LogP contribution in [-0.4, -0.2) is 50.5 Å². The first-order valence-corrected chi connectivity index (χ1v) is 10.0. The highest BCUT2D eigenvalue weighted by molar-refractivity contribution is 5.92. The minimum absolute atomic E-state index is 0.0233. The molecule has 0 bridgehead atoms. The molecule has 1 amide bonds. The lowest BCUT2D eigenvalue weighted by atomic mass is 10.1. The van der Waals surface area contributed by atoms with Gasteiger partial charge in [-0.25, -0.2) is 0 Å². The molecule has 1 atom stereocenters. The number of nitrogens with zero attached hydrogens (tertiary/aromatic N) is 2.